The highest BCUT2D eigenvalue weighted by molar-refractivity contribution is 5.39. The van der Waals surface area contributed by atoms with Crippen LogP contribution in [-0.4, -0.2) is 19.8 Å². The zero-order chi connectivity index (χ0) is 12.8. The van der Waals surface area contributed by atoms with Gasteiger partial charge in [-0.05, 0) is 48.9 Å². The van der Waals surface area contributed by atoms with Gasteiger partial charge in [-0.15, -0.1) is 0 Å². The Kier molecular flexibility index (Phi) is 5.02. The van der Waals surface area contributed by atoms with E-state index in [0.29, 0.717) is 13.2 Å². The summed E-state index contributed by atoms with van der Waals surface area (Å²) in [6.07, 6.45) is 4.46. The van der Waals surface area contributed by atoms with E-state index in [1.807, 2.05) is 6.07 Å². The highest BCUT2D eigenvalue weighted by atomic mass is 16.5. The summed E-state index contributed by atoms with van der Waals surface area (Å²) in [6, 6.07) is 6.46. The Morgan fingerprint density at radius 3 is 3.00 bits per heavy atom. The van der Waals surface area contributed by atoms with Gasteiger partial charge in [0.2, 0.25) is 0 Å². The van der Waals surface area contributed by atoms with E-state index in [1.165, 1.54) is 17.5 Å². The molecule has 2 N–H and O–H groups in total. The van der Waals surface area contributed by atoms with Crippen LogP contribution in [-0.2, 0) is 11.2 Å². The maximum Gasteiger partial charge on any atom is 0.119 e. The van der Waals surface area contributed by atoms with Crippen molar-refractivity contribution in [3.8, 4) is 5.75 Å². The number of ether oxygens (including phenoxy) is 2. The van der Waals surface area contributed by atoms with Gasteiger partial charge < -0.3 is 15.2 Å². The van der Waals surface area contributed by atoms with Crippen LogP contribution in [0.25, 0.3) is 0 Å². The second-order valence-corrected chi connectivity index (χ2v) is 4.82. The molecule has 1 unspecified atom stereocenters. The third kappa shape index (κ3) is 3.47. The monoisotopic (exact) mass is 249 g/mol. The van der Waals surface area contributed by atoms with E-state index in [0.717, 1.165) is 31.6 Å². The summed E-state index contributed by atoms with van der Waals surface area (Å²) in [5, 5.41) is 0. The molecule has 1 atom stereocenters. The fraction of sp³-hybridized carbons (Fsp3) is 0.600. The fourth-order valence-electron chi connectivity index (χ4n) is 2.37. The first-order valence-corrected chi connectivity index (χ1v) is 6.90. The Hall–Kier alpha value is -1.06. The molecule has 0 bridgehead atoms. The zero-order valence-electron chi connectivity index (χ0n) is 11.2. The summed E-state index contributed by atoms with van der Waals surface area (Å²) >= 11 is 0. The number of aryl methyl sites for hydroxylation is 1. The Morgan fingerprint density at radius 2 is 2.17 bits per heavy atom. The van der Waals surface area contributed by atoms with Crippen molar-refractivity contribution in [3.05, 3.63) is 29.3 Å². The highest BCUT2D eigenvalue weighted by Crippen LogP contribution is 2.30. The quantitative estimate of drug-likeness (QED) is 0.788. The molecule has 1 aliphatic rings. The second-order valence-electron chi connectivity index (χ2n) is 4.82. The van der Waals surface area contributed by atoms with Gasteiger partial charge in [-0.2, -0.15) is 0 Å². The van der Waals surface area contributed by atoms with Crippen molar-refractivity contribution in [2.45, 2.75) is 38.6 Å². The Labute approximate surface area is 109 Å². The topological polar surface area (TPSA) is 44.5 Å². The molecular weight excluding hydrogens is 226 g/mol. The van der Waals surface area contributed by atoms with Gasteiger partial charge in [0.1, 0.15) is 12.4 Å². The summed E-state index contributed by atoms with van der Waals surface area (Å²) in [4.78, 5) is 0. The van der Waals surface area contributed by atoms with Crippen LogP contribution in [0.5, 0.6) is 5.75 Å². The van der Waals surface area contributed by atoms with Crippen LogP contribution in [0.4, 0.5) is 0 Å². The van der Waals surface area contributed by atoms with Gasteiger partial charge in [-0.1, -0.05) is 13.0 Å². The average Bonchev–Trinajstić information content (AvgIpc) is 2.39. The van der Waals surface area contributed by atoms with Gasteiger partial charge in [0, 0.05) is 12.6 Å². The predicted octanol–water partition coefficient (Wildman–Crippen LogP) is 2.83. The first-order valence-electron chi connectivity index (χ1n) is 6.90. The summed E-state index contributed by atoms with van der Waals surface area (Å²) in [5.41, 5.74) is 8.77. The molecule has 100 valence electrons. The lowest BCUT2D eigenvalue weighted by molar-refractivity contribution is 0.101. The van der Waals surface area contributed by atoms with E-state index in [9.17, 15) is 0 Å². The summed E-state index contributed by atoms with van der Waals surface area (Å²) < 4.78 is 11.1. The molecule has 0 radical (unpaired) electrons. The number of fused-ring (bicyclic) bond motifs is 1. The molecule has 0 spiro atoms. The van der Waals surface area contributed by atoms with Crippen molar-refractivity contribution in [2.75, 3.05) is 19.8 Å². The van der Waals surface area contributed by atoms with Crippen molar-refractivity contribution in [2.24, 2.45) is 5.73 Å². The Balaban J connectivity index is 1.88. The third-order valence-electron chi connectivity index (χ3n) is 3.32. The van der Waals surface area contributed by atoms with Gasteiger partial charge in [-0.3, -0.25) is 0 Å². The van der Waals surface area contributed by atoms with Gasteiger partial charge in [0.15, 0.2) is 0 Å². The molecule has 2 rings (SSSR count). The van der Waals surface area contributed by atoms with Crippen molar-refractivity contribution < 1.29 is 9.47 Å². The number of benzene rings is 1. The summed E-state index contributed by atoms with van der Waals surface area (Å²) in [6.45, 7) is 4.16. The minimum Gasteiger partial charge on any atom is -0.491 e. The number of nitrogens with two attached hydrogens (primary N) is 1. The molecule has 0 amide bonds. The number of hydrogen-bond donors (Lipinski definition) is 1. The molecule has 0 saturated carbocycles. The predicted molar refractivity (Wildman–Crippen MR) is 72.9 cm³/mol. The van der Waals surface area contributed by atoms with Gasteiger partial charge in [0.25, 0.3) is 0 Å². The van der Waals surface area contributed by atoms with E-state index in [4.69, 9.17) is 15.2 Å². The van der Waals surface area contributed by atoms with E-state index in [-0.39, 0.29) is 6.04 Å². The minimum absolute atomic E-state index is 0.175. The molecule has 3 nitrogen and oxygen atoms in total. The molecule has 0 heterocycles. The molecule has 0 aromatic heterocycles. The maximum atomic E-state index is 6.13. The zero-order valence-corrected chi connectivity index (χ0v) is 11.2. The second kappa shape index (κ2) is 6.76. The SMILES string of the molecule is CCCOCCOc1ccc2c(c1)C(N)CCC2. The molecule has 1 aromatic rings. The normalized spacial score (nSPS) is 18.4. The van der Waals surface area contributed by atoms with E-state index in [1.54, 1.807) is 0 Å². The van der Waals surface area contributed by atoms with Gasteiger partial charge in [-0.25, -0.2) is 0 Å². The number of rotatable bonds is 6. The van der Waals surface area contributed by atoms with Crippen LogP contribution in [0.2, 0.25) is 0 Å². The lowest BCUT2D eigenvalue weighted by atomic mass is 9.88. The first-order chi connectivity index (χ1) is 8.81. The number of hydrogen-bond acceptors (Lipinski definition) is 3. The van der Waals surface area contributed by atoms with E-state index >= 15 is 0 Å². The first kappa shape index (κ1) is 13.4. The minimum atomic E-state index is 0.175. The van der Waals surface area contributed by atoms with E-state index < -0.39 is 0 Å². The summed E-state index contributed by atoms with van der Waals surface area (Å²) in [7, 11) is 0. The average molecular weight is 249 g/mol. The Bertz CT molecular complexity index is 379. The molecule has 18 heavy (non-hydrogen) atoms. The van der Waals surface area contributed by atoms with Crippen LogP contribution >= 0.6 is 0 Å². The highest BCUT2D eigenvalue weighted by Gasteiger charge is 2.17. The lowest BCUT2D eigenvalue weighted by Gasteiger charge is -2.22. The van der Waals surface area contributed by atoms with Crippen LogP contribution in [0.15, 0.2) is 18.2 Å². The summed E-state index contributed by atoms with van der Waals surface area (Å²) in [5.74, 6) is 0.909. The standard InChI is InChI=1S/C15H23NO2/c1-2-8-17-9-10-18-13-7-6-12-4-3-5-15(16)14(12)11-13/h6-7,11,15H,2-5,8-10,16H2,1H3. The fourth-order valence-corrected chi connectivity index (χ4v) is 2.37. The molecule has 1 aromatic carbocycles. The van der Waals surface area contributed by atoms with Crippen LogP contribution in [0.1, 0.15) is 43.4 Å². The molecule has 0 saturated heterocycles. The van der Waals surface area contributed by atoms with Crippen molar-refractivity contribution in [1.29, 1.82) is 0 Å². The van der Waals surface area contributed by atoms with Crippen LogP contribution in [0, 0.1) is 0 Å². The molecular formula is C15H23NO2. The van der Waals surface area contributed by atoms with Crippen LogP contribution < -0.4 is 10.5 Å². The maximum absolute atomic E-state index is 6.13. The van der Waals surface area contributed by atoms with Gasteiger partial charge >= 0.3 is 0 Å². The molecule has 1 aliphatic carbocycles. The lowest BCUT2D eigenvalue weighted by Crippen LogP contribution is -2.17. The van der Waals surface area contributed by atoms with Crippen LogP contribution in [0.3, 0.4) is 0 Å². The molecule has 0 aliphatic heterocycles. The van der Waals surface area contributed by atoms with Crippen molar-refractivity contribution in [3.63, 3.8) is 0 Å². The van der Waals surface area contributed by atoms with E-state index in [2.05, 4.69) is 19.1 Å². The van der Waals surface area contributed by atoms with Gasteiger partial charge in [0.05, 0.1) is 6.61 Å². The largest absolute Gasteiger partial charge is 0.491 e. The smallest absolute Gasteiger partial charge is 0.119 e. The van der Waals surface area contributed by atoms with Crippen molar-refractivity contribution >= 4 is 0 Å². The molecule has 3 heteroatoms. The van der Waals surface area contributed by atoms with Crippen molar-refractivity contribution in [1.82, 2.24) is 0 Å². The third-order valence-corrected chi connectivity index (χ3v) is 3.32. The molecule has 0 fully saturated rings. The Morgan fingerprint density at radius 1 is 1.28 bits per heavy atom.